The van der Waals surface area contributed by atoms with Gasteiger partial charge in [-0.2, -0.15) is 5.10 Å². The SMILES string of the molecule is Cc1coc2ncc(-c3cc(C4CCOCC4)n(C4CC(F)(F)C4)n3)c-2c1. The van der Waals surface area contributed by atoms with E-state index in [2.05, 4.69) is 4.98 Å². The van der Waals surface area contributed by atoms with Crippen molar-refractivity contribution in [3.63, 3.8) is 0 Å². The van der Waals surface area contributed by atoms with E-state index in [1.165, 1.54) is 0 Å². The van der Waals surface area contributed by atoms with Crippen molar-refractivity contribution in [3.05, 3.63) is 35.9 Å². The van der Waals surface area contributed by atoms with Crippen molar-refractivity contribution < 1.29 is 17.9 Å². The standard InChI is InChI=1S/C20H21F2N3O2/c1-12-6-15-16(10-23-19(15)27-11-12)17-7-18(13-2-4-26-5-3-13)25(24-17)14-8-20(21,22)9-14/h6-7,10-11,13-14H,2-5,8-9H2,1H3. The second-order valence-electron chi connectivity index (χ2n) is 7.72. The van der Waals surface area contributed by atoms with Gasteiger partial charge in [0.15, 0.2) is 0 Å². The van der Waals surface area contributed by atoms with Gasteiger partial charge in [0, 0.05) is 55.0 Å². The summed E-state index contributed by atoms with van der Waals surface area (Å²) in [6, 6.07) is 3.82. The van der Waals surface area contributed by atoms with Gasteiger partial charge in [0.05, 0.1) is 18.0 Å². The van der Waals surface area contributed by atoms with E-state index in [1.54, 1.807) is 12.5 Å². The maximum atomic E-state index is 13.5. The normalized spacial score (nSPS) is 20.9. The minimum atomic E-state index is -2.58. The van der Waals surface area contributed by atoms with Gasteiger partial charge in [-0.1, -0.05) is 0 Å². The highest BCUT2D eigenvalue weighted by atomic mass is 19.3. The van der Waals surface area contributed by atoms with Crippen molar-refractivity contribution in [2.75, 3.05) is 13.2 Å². The van der Waals surface area contributed by atoms with Gasteiger partial charge < -0.3 is 9.15 Å². The van der Waals surface area contributed by atoms with Crippen LogP contribution in [0.3, 0.4) is 0 Å². The predicted molar refractivity (Wildman–Crippen MR) is 95.1 cm³/mol. The second-order valence-corrected chi connectivity index (χ2v) is 7.72. The van der Waals surface area contributed by atoms with Crippen molar-refractivity contribution in [2.24, 2.45) is 0 Å². The summed E-state index contributed by atoms with van der Waals surface area (Å²) in [5.41, 5.74) is 4.59. The van der Waals surface area contributed by atoms with Crippen molar-refractivity contribution in [1.29, 1.82) is 0 Å². The minimum absolute atomic E-state index is 0.140. The average Bonchev–Trinajstić information content (AvgIpc) is 3.24. The molecular weight excluding hydrogens is 352 g/mol. The number of aryl methyl sites for hydroxylation is 1. The molecule has 142 valence electrons. The Hall–Kier alpha value is -2.28. The summed E-state index contributed by atoms with van der Waals surface area (Å²) in [5.74, 6) is -1.73. The highest BCUT2D eigenvalue weighted by Crippen LogP contribution is 2.47. The number of hydrogen-bond acceptors (Lipinski definition) is 4. The Morgan fingerprint density at radius 2 is 1.93 bits per heavy atom. The number of nitrogens with zero attached hydrogens (tertiary/aromatic N) is 3. The summed E-state index contributed by atoms with van der Waals surface area (Å²) in [4.78, 5) is 4.33. The first-order valence-corrected chi connectivity index (χ1v) is 9.39. The number of hydrogen-bond donors (Lipinski definition) is 0. The molecule has 27 heavy (non-hydrogen) atoms. The summed E-state index contributed by atoms with van der Waals surface area (Å²) < 4.78 is 39.9. The van der Waals surface area contributed by atoms with Gasteiger partial charge in [-0.25, -0.2) is 13.8 Å². The first kappa shape index (κ1) is 16.9. The molecular formula is C20H21F2N3O2. The molecule has 0 bridgehead atoms. The number of aromatic nitrogens is 3. The number of alkyl halides is 2. The zero-order chi connectivity index (χ0) is 18.6. The van der Waals surface area contributed by atoms with Gasteiger partial charge in [0.25, 0.3) is 5.92 Å². The molecule has 1 aromatic heterocycles. The fraction of sp³-hybridized carbons (Fsp3) is 0.500. The first-order valence-electron chi connectivity index (χ1n) is 9.39. The molecule has 0 spiro atoms. The van der Waals surface area contributed by atoms with E-state index >= 15 is 0 Å². The Bertz CT molecular complexity index is 935. The van der Waals surface area contributed by atoms with Crippen LogP contribution in [-0.4, -0.2) is 33.9 Å². The molecule has 3 aliphatic heterocycles. The van der Waals surface area contributed by atoms with Crippen LogP contribution in [0.5, 0.6) is 0 Å². The molecule has 0 aromatic carbocycles. The van der Waals surface area contributed by atoms with E-state index in [9.17, 15) is 8.78 Å². The third-order valence-corrected chi connectivity index (χ3v) is 5.65. The maximum absolute atomic E-state index is 13.5. The van der Waals surface area contributed by atoms with Crippen molar-refractivity contribution in [3.8, 4) is 22.7 Å². The lowest BCUT2D eigenvalue weighted by molar-refractivity contribution is -0.107. The molecule has 7 heteroatoms. The molecule has 0 radical (unpaired) electrons. The largest absolute Gasteiger partial charge is 0.446 e. The Morgan fingerprint density at radius 3 is 2.67 bits per heavy atom. The zero-order valence-electron chi connectivity index (χ0n) is 15.1. The van der Waals surface area contributed by atoms with Crippen LogP contribution in [0, 0.1) is 6.92 Å². The summed E-state index contributed by atoms with van der Waals surface area (Å²) >= 11 is 0. The van der Waals surface area contributed by atoms with Gasteiger partial charge in [0.1, 0.15) is 0 Å². The highest BCUT2D eigenvalue weighted by molar-refractivity contribution is 5.79. The molecule has 1 saturated heterocycles. The van der Waals surface area contributed by atoms with Crippen LogP contribution in [0.1, 0.15) is 48.9 Å². The topological polar surface area (TPSA) is 53.1 Å². The van der Waals surface area contributed by atoms with E-state index in [4.69, 9.17) is 14.3 Å². The molecule has 1 aliphatic carbocycles. The molecule has 0 unspecified atom stereocenters. The molecule has 1 aromatic rings. The fourth-order valence-electron chi connectivity index (χ4n) is 4.16. The molecule has 0 atom stereocenters. The fourth-order valence-corrected chi connectivity index (χ4v) is 4.16. The number of fused-ring (bicyclic) bond motifs is 1. The van der Waals surface area contributed by atoms with Gasteiger partial charge in [-0.15, -0.1) is 0 Å². The number of halogens is 2. The van der Waals surface area contributed by atoms with Gasteiger partial charge >= 0.3 is 0 Å². The monoisotopic (exact) mass is 373 g/mol. The third-order valence-electron chi connectivity index (χ3n) is 5.65. The van der Waals surface area contributed by atoms with Crippen LogP contribution >= 0.6 is 0 Å². The summed E-state index contributed by atoms with van der Waals surface area (Å²) in [6.45, 7) is 3.36. The van der Waals surface area contributed by atoms with Crippen molar-refractivity contribution in [2.45, 2.75) is 50.5 Å². The number of ether oxygens (including phenoxy) is 1. The summed E-state index contributed by atoms with van der Waals surface area (Å²) in [7, 11) is 0. The molecule has 1 saturated carbocycles. The van der Waals surface area contributed by atoms with Gasteiger partial charge in [-0.3, -0.25) is 4.68 Å². The van der Waals surface area contributed by atoms with Gasteiger partial charge in [-0.05, 0) is 37.5 Å². The Labute approximate surface area is 155 Å². The van der Waals surface area contributed by atoms with Crippen LogP contribution < -0.4 is 0 Å². The summed E-state index contributed by atoms with van der Waals surface area (Å²) in [5, 5.41) is 4.76. The zero-order valence-corrected chi connectivity index (χ0v) is 15.1. The smallest absolute Gasteiger partial charge is 0.252 e. The van der Waals surface area contributed by atoms with E-state index in [-0.39, 0.29) is 24.8 Å². The van der Waals surface area contributed by atoms with E-state index in [0.29, 0.717) is 19.1 Å². The number of rotatable bonds is 3. The minimum Gasteiger partial charge on any atom is -0.446 e. The van der Waals surface area contributed by atoms with Crippen molar-refractivity contribution in [1.82, 2.24) is 14.8 Å². The molecule has 0 N–H and O–H groups in total. The lowest BCUT2D eigenvalue weighted by atomic mass is 9.87. The second kappa shape index (κ2) is 6.12. The third kappa shape index (κ3) is 2.94. The first-order chi connectivity index (χ1) is 13.0. The maximum Gasteiger partial charge on any atom is 0.252 e. The van der Waals surface area contributed by atoms with Crippen LogP contribution in [0.25, 0.3) is 22.7 Å². The van der Waals surface area contributed by atoms with Crippen LogP contribution in [0.2, 0.25) is 0 Å². The lowest BCUT2D eigenvalue weighted by Crippen LogP contribution is -2.38. The molecule has 2 fully saturated rings. The molecule has 0 amide bonds. The average molecular weight is 373 g/mol. The van der Waals surface area contributed by atoms with Crippen LogP contribution in [-0.2, 0) is 4.74 Å². The molecule has 4 aliphatic rings. The van der Waals surface area contributed by atoms with E-state index in [1.807, 2.05) is 23.7 Å². The summed E-state index contributed by atoms with van der Waals surface area (Å²) in [6.07, 6.45) is 4.92. The predicted octanol–water partition coefficient (Wildman–Crippen LogP) is 4.82. The van der Waals surface area contributed by atoms with Crippen LogP contribution in [0.4, 0.5) is 8.78 Å². The van der Waals surface area contributed by atoms with E-state index in [0.717, 1.165) is 40.9 Å². The van der Waals surface area contributed by atoms with E-state index < -0.39 is 5.92 Å². The lowest BCUT2D eigenvalue weighted by Gasteiger charge is -2.37. The van der Waals surface area contributed by atoms with Gasteiger partial charge in [0.2, 0.25) is 5.89 Å². The molecule has 5 nitrogen and oxygen atoms in total. The quantitative estimate of drug-likeness (QED) is 0.661. The Balaban J connectivity index is 1.56. The Morgan fingerprint density at radius 1 is 1.15 bits per heavy atom. The Kier molecular flexibility index (Phi) is 3.82. The highest BCUT2D eigenvalue weighted by Gasteiger charge is 2.47. The van der Waals surface area contributed by atoms with Crippen LogP contribution in [0.15, 0.2) is 29.0 Å². The van der Waals surface area contributed by atoms with Crippen molar-refractivity contribution >= 4 is 0 Å². The molecule has 4 heterocycles. The molecule has 5 rings (SSSR count).